The molecule has 2 heterocycles. The van der Waals surface area contributed by atoms with Crippen LogP contribution in [-0.2, 0) is 23.7 Å². The lowest BCUT2D eigenvalue weighted by Gasteiger charge is -2.47. The second-order valence-corrected chi connectivity index (χ2v) is 7.96. The van der Waals surface area contributed by atoms with Crippen molar-refractivity contribution in [3.05, 3.63) is 0 Å². The highest BCUT2D eigenvalue weighted by Gasteiger charge is 2.51. The Hall–Kier alpha value is -0.930. The third-order valence-corrected chi connectivity index (χ3v) is 4.98. The van der Waals surface area contributed by atoms with Crippen LogP contribution in [0.2, 0.25) is 0 Å². The average Bonchev–Trinajstić information content (AvgIpc) is 2.68. The van der Waals surface area contributed by atoms with Crippen LogP contribution in [0.3, 0.4) is 0 Å². The summed E-state index contributed by atoms with van der Waals surface area (Å²) in [5.41, 5.74) is 0. The largest absolute Gasteiger partial charge is 0.394 e. The van der Waals surface area contributed by atoms with Gasteiger partial charge in [-0.15, -0.1) is 0 Å². The van der Waals surface area contributed by atoms with Crippen LogP contribution in [0.5, 0.6) is 0 Å². The SMILES string of the molecule is CC(=O)N[C@@H]1[C@@H](O[C@@H]2O[C@H](CO)[C@H](O)[C@H](O)[C@H]2OCC(C)C)[C@H](O)[C@@H](CO)O[C@H]1O. The fourth-order valence-electron chi connectivity index (χ4n) is 3.44. The zero-order valence-corrected chi connectivity index (χ0v) is 17.2. The predicted octanol–water partition coefficient (Wildman–Crippen LogP) is -3.57. The van der Waals surface area contributed by atoms with E-state index < -0.39 is 80.5 Å². The van der Waals surface area contributed by atoms with Gasteiger partial charge in [0.25, 0.3) is 0 Å². The van der Waals surface area contributed by atoms with Gasteiger partial charge in [0.2, 0.25) is 5.91 Å². The molecule has 0 aromatic carbocycles. The highest BCUT2D eigenvalue weighted by Crippen LogP contribution is 2.30. The molecule has 0 radical (unpaired) electrons. The molecule has 2 rings (SSSR count). The van der Waals surface area contributed by atoms with Crippen molar-refractivity contribution in [2.75, 3.05) is 19.8 Å². The third-order valence-electron chi connectivity index (χ3n) is 4.98. The minimum absolute atomic E-state index is 0.0759. The molecule has 2 saturated heterocycles. The molecule has 0 aromatic rings. The zero-order chi connectivity index (χ0) is 22.6. The van der Waals surface area contributed by atoms with E-state index in [2.05, 4.69) is 5.32 Å². The Morgan fingerprint density at radius 1 is 0.967 bits per heavy atom. The molecule has 1 amide bonds. The topological polar surface area (TPSA) is 187 Å². The Morgan fingerprint density at radius 3 is 2.10 bits per heavy atom. The van der Waals surface area contributed by atoms with Crippen molar-refractivity contribution in [1.29, 1.82) is 0 Å². The summed E-state index contributed by atoms with van der Waals surface area (Å²) >= 11 is 0. The van der Waals surface area contributed by atoms with Gasteiger partial charge in [0.05, 0.1) is 13.2 Å². The third kappa shape index (κ3) is 5.85. The van der Waals surface area contributed by atoms with Gasteiger partial charge >= 0.3 is 0 Å². The molecule has 2 fully saturated rings. The maximum atomic E-state index is 11.6. The van der Waals surface area contributed by atoms with Crippen molar-refractivity contribution in [3.63, 3.8) is 0 Å². The van der Waals surface area contributed by atoms with E-state index in [9.17, 15) is 35.4 Å². The Balaban J connectivity index is 2.28. The number of carbonyl (C=O) groups is 1. The van der Waals surface area contributed by atoms with Crippen molar-refractivity contribution in [2.24, 2.45) is 5.92 Å². The van der Waals surface area contributed by atoms with E-state index in [1.165, 1.54) is 6.92 Å². The van der Waals surface area contributed by atoms with E-state index in [1.54, 1.807) is 0 Å². The molecular weight excluding hydrogens is 406 g/mol. The van der Waals surface area contributed by atoms with Crippen molar-refractivity contribution >= 4 is 5.91 Å². The lowest BCUT2D eigenvalue weighted by molar-refractivity contribution is -0.347. The van der Waals surface area contributed by atoms with Crippen molar-refractivity contribution in [2.45, 2.75) is 82.1 Å². The van der Waals surface area contributed by atoms with Gasteiger partial charge in [-0.2, -0.15) is 0 Å². The smallest absolute Gasteiger partial charge is 0.217 e. The number of hydrogen-bond donors (Lipinski definition) is 7. The number of aliphatic hydroxyl groups excluding tert-OH is 6. The number of carbonyl (C=O) groups excluding carboxylic acids is 1. The van der Waals surface area contributed by atoms with Gasteiger partial charge in [0, 0.05) is 13.5 Å². The number of amides is 1. The monoisotopic (exact) mass is 439 g/mol. The molecular formula is C18H33NO11. The molecule has 10 atom stereocenters. The van der Waals surface area contributed by atoms with Gasteiger partial charge in [-0.25, -0.2) is 0 Å². The van der Waals surface area contributed by atoms with E-state index in [0.717, 1.165) is 0 Å². The minimum Gasteiger partial charge on any atom is -0.394 e. The normalized spacial score (nSPS) is 42.3. The summed E-state index contributed by atoms with van der Waals surface area (Å²) in [7, 11) is 0. The van der Waals surface area contributed by atoms with Gasteiger partial charge in [0.1, 0.15) is 48.8 Å². The summed E-state index contributed by atoms with van der Waals surface area (Å²) in [5.74, 6) is -0.460. The molecule has 0 aromatic heterocycles. The average molecular weight is 439 g/mol. The van der Waals surface area contributed by atoms with Gasteiger partial charge in [-0.1, -0.05) is 13.8 Å². The van der Waals surface area contributed by atoms with E-state index in [0.29, 0.717) is 0 Å². The molecule has 0 bridgehead atoms. The molecule has 0 aliphatic carbocycles. The molecule has 12 nitrogen and oxygen atoms in total. The second-order valence-electron chi connectivity index (χ2n) is 7.96. The lowest BCUT2D eigenvalue weighted by Crippen LogP contribution is -2.67. The number of ether oxygens (including phenoxy) is 4. The molecule has 7 N–H and O–H groups in total. The van der Waals surface area contributed by atoms with Crippen LogP contribution in [0.15, 0.2) is 0 Å². The van der Waals surface area contributed by atoms with E-state index in [-0.39, 0.29) is 12.5 Å². The lowest BCUT2D eigenvalue weighted by atomic mass is 9.95. The first kappa shape index (κ1) is 25.3. The van der Waals surface area contributed by atoms with Gasteiger partial charge in [0.15, 0.2) is 12.6 Å². The summed E-state index contributed by atoms with van der Waals surface area (Å²) in [4.78, 5) is 11.6. The molecule has 0 spiro atoms. The molecule has 2 aliphatic rings. The Kier molecular flexibility index (Phi) is 9.36. The number of aliphatic hydroxyl groups is 6. The van der Waals surface area contributed by atoms with Crippen molar-refractivity contribution in [1.82, 2.24) is 5.32 Å². The quantitative estimate of drug-likeness (QED) is 0.198. The van der Waals surface area contributed by atoms with Crippen molar-refractivity contribution in [3.8, 4) is 0 Å². The highest BCUT2D eigenvalue weighted by atomic mass is 16.7. The maximum Gasteiger partial charge on any atom is 0.217 e. The fraction of sp³-hybridized carbons (Fsp3) is 0.944. The van der Waals surface area contributed by atoms with Crippen LogP contribution in [-0.4, -0.2) is 118 Å². The minimum atomic E-state index is -1.61. The second kappa shape index (κ2) is 11.1. The van der Waals surface area contributed by atoms with Crippen LogP contribution in [0.25, 0.3) is 0 Å². The fourth-order valence-corrected chi connectivity index (χ4v) is 3.44. The summed E-state index contributed by atoms with van der Waals surface area (Å²) < 4.78 is 22.1. The molecule has 30 heavy (non-hydrogen) atoms. The zero-order valence-electron chi connectivity index (χ0n) is 17.2. The molecule has 12 heteroatoms. The van der Waals surface area contributed by atoms with Crippen molar-refractivity contribution < 1.29 is 54.4 Å². The summed E-state index contributed by atoms with van der Waals surface area (Å²) in [6, 6.07) is -1.23. The van der Waals surface area contributed by atoms with Crippen LogP contribution in [0, 0.1) is 5.92 Å². The van der Waals surface area contributed by atoms with E-state index in [4.69, 9.17) is 18.9 Å². The number of nitrogens with one attached hydrogen (secondary N) is 1. The highest BCUT2D eigenvalue weighted by molar-refractivity contribution is 5.73. The first-order chi connectivity index (χ1) is 14.1. The Labute approximate surface area is 174 Å². The van der Waals surface area contributed by atoms with Gasteiger partial charge < -0.3 is 54.9 Å². The van der Waals surface area contributed by atoms with Crippen LogP contribution < -0.4 is 5.32 Å². The van der Waals surface area contributed by atoms with Gasteiger partial charge in [-0.05, 0) is 5.92 Å². The number of hydrogen-bond acceptors (Lipinski definition) is 11. The Bertz CT molecular complexity index is 550. The molecule has 0 saturated carbocycles. The summed E-state index contributed by atoms with van der Waals surface area (Å²) in [6.45, 7) is 3.87. The molecule has 2 aliphatic heterocycles. The van der Waals surface area contributed by atoms with Crippen LogP contribution in [0.4, 0.5) is 0 Å². The Morgan fingerprint density at radius 2 is 1.57 bits per heavy atom. The van der Waals surface area contributed by atoms with Crippen LogP contribution >= 0.6 is 0 Å². The standard InChI is InChI=1S/C18H33NO11/c1-7(2)6-27-16-14(25)12(23)9(4-20)29-18(16)30-15-11(19-8(3)22)17(26)28-10(5-21)13(15)24/h7,9-18,20-21,23-26H,4-6H2,1-3H3,(H,19,22)/t9-,10-,11-,12+,13-,14+,15-,16-,17-,18+/m1/s1. The first-order valence-electron chi connectivity index (χ1n) is 9.89. The molecule has 176 valence electrons. The first-order valence-corrected chi connectivity index (χ1v) is 9.89. The summed E-state index contributed by atoms with van der Waals surface area (Å²) in [5, 5.41) is 62.8. The van der Waals surface area contributed by atoms with E-state index in [1.807, 2.05) is 13.8 Å². The van der Waals surface area contributed by atoms with Gasteiger partial charge in [-0.3, -0.25) is 4.79 Å². The summed E-state index contributed by atoms with van der Waals surface area (Å²) in [6.07, 6.45) is -12.3. The molecule has 0 unspecified atom stereocenters. The van der Waals surface area contributed by atoms with Crippen LogP contribution in [0.1, 0.15) is 20.8 Å². The predicted molar refractivity (Wildman–Crippen MR) is 98.8 cm³/mol. The van der Waals surface area contributed by atoms with E-state index >= 15 is 0 Å². The maximum absolute atomic E-state index is 11.6. The number of rotatable bonds is 8.